The quantitative estimate of drug-likeness (QED) is 0.413. The van der Waals surface area contributed by atoms with Gasteiger partial charge in [-0.25, -0.2) is 0 Å². The van der Waals surface area contributed by atoms with Crippen molar-refractivity contribution in [3.63, 3.8) is 0 Å². The Morgan fingerprint density at radius 1 is 1.05 bits per heavy atom. The van der Waals surface area contributed by atoms with Gasteiger partial charge in [-0.1, -0.05) is 6.92 Å². The van der Waals surface area contributed by atoms with Gasteiger partial charge < -0.3 is 4.74 Å². The first-order chi connectivity index (χ1) is 7.02. The normalized spacial score (nSPS) is 20.2. The molecule has 1 rings (SSSR count). The Bertz CT molecular complexity index is 263. The number of alkyl halides is 6. The SMILES string of the molecule is CCC(=O)OC.F.F.F.F.F.FC(F)(F)C1(F)OC1(F)F. The number of ether oxygens (including phenoxy) is 2. The molecule has 0 saturated carbocycles. The first-order valence-electron chi connectivity index (χ1n) is 3.92. The lowest BCUT2D eigenvalue weighted by Crippen LogP contribution is -2.32. The Morgan fingerprint density at radius 2 is 1.33 bits per heavy atom. The van der Waals surface area contributed by atoms with E-state index in [1.54, 1.807) is 6.92 Å². The van der Waals surface area contributed by atoms with Gasteiger partial charge in [-0.15, -0.1) is 0 Å². The molecule has 21 heavy (non-hydrogen) atoms. The van der Waals surface area contributed by atoms with Gasteiger partial charge in [-0.2, -0.15) is 26.3 Å². The Balaban J connectivity index is -0.0000000466. The van der Waals surface area contributed by atoms with E-state index in [0.29, 0.717) is 6.42 Å². The van der Waals surface area contributed by atoms with E-state index in [4.69, 9.17) is 0 Å². The van der Waals surface area contributed by atoms with E-state index in [0.717, 1.165) is 0 Å². The van der Waals surface area contributed by atoms with Crippen molar-refractivity contribution in [2.24, 2.45) is 0 Å². The summed E-state index contributed by atoms with van der Waals surface area (Å²) >= 11 is 0. The minimum atomic E-state index is -5.66. The van der Waals surface area contributed by atoms with Crippen LogP contribution >= 0.6 is 0 Å². The minimum Gasteiger partial charge on any atom is -0.469 e. The molecule has 0 aromatic carbocycles. The predicted octanol–water partition coefficient (Wildman–Crippen LogP) is 3.17. The zero-order valence-electron chi connectivity index (χ0n) is 10.2. The van der Waals surface area contributed by atoms with Gasteiger partial charge in [0.25, 0.3) is 0 Å². The fraction of sp³-hybridized carbons (Fsp3) is 0.857. The van der Waals surface area contributed by atoms with Crippen molar-refractivity contribution in [3.8, 4) is 0 Å². The molecule has 1 unspecified atom stereocenters. The van der Waals surface area contributed by atoms with Crippen LogP contribution in [0.5, 0.6) is 0 Å². The summed E-state index contributed by atoms with van der Waals surface area (Å²) in [5.74, 6) is -4.91. The lowest BCUT2D eigenvalue weighted by molar-refractivity contribution is -0.231. The van der Waals surface area contributed by atoms with Crippen molar-refractivity contribution in [3.05, 3.63) is 0 Å². The summed E-state index contributed by atoms with van der Waals surface area (Å²) in [6, 6.07) is 0. The van der Waals surface area contributed by atoms with Crippen molar-refractivity contribution in [2.75, 3.05) is 7.11 Å². The highest BCUT2D eigenvalue weighted by molar-refractivity contribution is 5.68. The number of halogens is 11. The molecule has 1 saturated heterocycles. The lowest BCUT2D eigenvalue weighted by Gasteiger charge is -2.04. The molecule has 0 radical (unpaired) electrons. The summed E-state index contributed by atoms with van der Waals surface area (Å²) in [6.45, 7) is 1.76. The summed E-state index contributed by atoms with van der Waals surface area (Å²) in [5, 5.41) is 0. The monoisotopic (exact) mass is 354 g/mol. The van der Waals surface area contributed by atoms with Crippen LogP contribution in [-0.4, -0.2) is 31.2 Å². The third kappa shape index (κ3) is 8.52. The highest BCUT2D eigenvalue weighted by Gasteiger charge is 2.90. The van der Waals surface area contributed by atoms with Gasteiger partial charge >= 0.3 is 24.1 Å². The maximum Gasteiger partial charge on any atom is 0.458 e. The first kappa shape index (κ1) is 36.7. The Morgan fingerprint density at radius 3 is 1.33 bits per heavy atom. The Hall–Kier alpha value is -1.34. The van der Waals surface area contributed by atoms with Crippen molar-refractivity contribution in [1.29, 1.82) is 0 Å². The highest BCUT2D eigenvalue weighted by atomic mass is 19.4. The fourth-order valence-electron chi connectivity index (χ4n) is 0.518. The van der Waals surface area contributed by atoms with E-state index in [9.17, 15) is 31.1 Å². The van der Waals surface area contributed by atoms with E-state index in [2.05, 4.69) is 9.47 Å². The van der Waals surface area contributed by atoms with Crippen molar-refractivity contribution < 1.29 is 64.1 Å². The summed E-state index contributed by atoms with van der Waals surface area (Å²) in [5.41, 5.74) is 0. The number of hydrogen-bond acceptors (Lipinski definition) is 3. The van der Waals surface area contributed by atoms with E-state index in [1.807, 2.05) is 0 Å². The number of rotatable bonds is 1. The molecule has 3 nitrogen and oxygen atoms in total. The van der Waals surface area contributed by atoms with Crippen LogP contribution in [-0.2, 0) is 14.3 Å². The van der Waals surface area contributed by atoms with E-state index >= 15 is 0 Å². The molecule has 1 heterocycles. The number of esters is 1. The first-order valence-corrected chi connectivity index (χ1v) is 3.92. The molecule has 1 aliphatic heterocycles. The number of carbonyl (C=O) groups excluding carboxylic acids is 1. The number of carbonyl (C=O) groups is 1. The third-order valence-corrected chi connectivity index (χ3v) is 1.48. The highest BCUT2D eigenvalue weighted by Crippen LogP contribution is 2.60. The molecule has 14 heteroatoms. The van der Waals surface area contributed by atoms with Gasteiger partial charge in [0.05, 0.1) is 7.11 Å². The Kier molecular flexibility index (Phi) is 19.8. The van der Waals surface area contributed by atoms with Gasteiger partial charge in [-0.05, 0) is 0 Å². The topological polar surface area (TPSA) is 38.8 Å². The zero-order chi connectivity index (χ0) is 13.2. The van der Waals surface area contributed by atoms with Crippen LogP contribution in [0.2, 0.25) is 0 Å². The second-order valence-corrected chi connectivity index (χ2v) is 2.64. The zero-order valence-corrected chi connectivity index (χ0v) is 10.2. The molecule has 1 fully saturated rings. The summed E-state index contributed by atoms with van der Waals surface area (Å²) in [4.78, 5) is 9.96. The lowest BCUT2D eigenvalue weighted by atomic mass is 10.4. The largest absolute Gasteiger partial charge is 0.469 e. The molecule has 0 N–H and O–H groups in total. The maximum atomic E-state index is 11.7. The van der Waals surface area contributed by atoms with Crippen LogP contribution in [0.4, 0.5) is 49.9 Å². The van der Waals surface area contributed by atoms with Gasteiger partial charge in [0.2, 0.25) is 0 Å². The molecule has 0 bridgehead atoms. The second kappa shape index (κ2) is 11.3. The van der Waals surface area contributed by atoms with Crippen LogP contribution in [0.1, 0.15) is 13.3 Å². The van der Waals surface area contributed by atoms with Crippen molar-refractivity contribution >= 4 is 5.97 Å². The van der Waals surface area contributed by atoms with Gasteiger partial charge in [0, 0.05) is 6.42 Å². The van der Waals surface area contributed by atoms with Crippen LogP contribution in [0.15, 0.2) is 0 Å². The summed E-state index contributed by atoms with van der Waals surface area (Å²) < 4.78 is 74.6. The molecule has 136 valence electrons. The molecular weight excluding hydrogens is 341 g/mol. The average Bonchev–Trinajstić information content (AvgIpc) is 2.66. The van der Waals surface area contributed by atoms with Crippen LogP contribution < -0.4 is 0 Å². The molecule has 0 amide bonds. The Labute approximate surface area is 110 Å². The molecule has 0 aromatic rings. The van der Waals surface area contributed by atoms with Crippen LogP contribution in [0, 0.1) is 0 Å². The molecule has 0 aromatic heterocycles. The van der Waals surface area contributed by atoms with Crippen LogP contribution in [0.3, 0.4) is 0 Å². The minimum absolute atomic E-state index is 0. The smallest absolute Gasteiger partial charge is 0.458 e. The summed E-state index contributed by atoms with van der Waals surface area (Å²) in [6.07, 6.45) is -9.89. The predicted molar refractivity (Wildman–Crippen MR) is 50.7 cm³/mol. The van der Waals surface area contributed by atoms with Crippen LogP contribution in [0.25, 0.3) is 0 Å². The standard InChI is InChI=1S/C4H8O2.C3F6O.5FH/c1-3-4(5)6-2;4-1(2(5,6)7)3(8,9)10-1;;;;;/h3H2,1-2H3;;5*1H. The van der Waals surface area contributed by atoms with E-state index < -0.39 is 18.1 Å². The summed E-state index contributed by atoms with van der Waals surface area (Å²) in [7, 11) is 1.38. The van der Waals surface area contributed by atoms with Gasteiger partial charge in [0.15, 0.2) is 0 Å². The number of epoxide rings is 1. The molecule has 0 spiro atoms. The molecule has 0 aliphatic carbocycles. The van der Waals surface area contributed by atoms with Crippen molar-refractivity contribution in [1.82, 2.24) is 0 Å². The number of methoxy groups -OCH3 is 1. The van der Waals surface area contributed by atoms with Gasteiger partial charge in [0.1, 0.15) is 0 Å². The molecular formula is C7H13F11O3. The maximum absolute atomic E-state index is 11.7. The molecule has 1 atom stereocenters. The number of hydrogen-bond donors (Lipinski definition) is 0. The molecule has 1 aliphatic rings. The van der Waals surface area contributed by atoms with Gasteiger partial charge in [-0.3, -0.25) is 33.1 Å². The third-order valence-electron chi connectivity index (χ3n) is 1.48. The van der Waals surface area contributed by atoms with E-state index in [-0.39, 0.29) is 29.5 Å². The van der Waals surface area contributed by atoms with Crippen molar-refractivity contribution in [2.45, 2.75) is 31.5 Å². The average molecular weight is 354 g/mol. The van der Waals surface area contributed by atoms with E-state index in [1.165, 1.54) is 7.11 Å². The fourth-order valence-corrected chi connectivity index (χ4v) is 0.518. The second-order valence-electron chi connectivity index (χ2n) is 2.64.